The summed E-state index contributed by atoms with van der Waals surface area (Å²) in [6, 6.07) is 22.5. The highest BCUT2D eigenvalue weighted by Crippen LogP contribution is 2.33. The monoisotopic (exact) mass is 394 g/mol. The Hall–Kier alpha value is -4.30. The van der Waals surface area contributed by atoms with Crippen LogP contribution >= 0.6 is 0 Å². The highest BCUT2D eigenvalue weighted by Gasteiger charge is 2.12. The van der Waals surface area contributed by atoms with Crippen molar-refractivity contribution in [1.29, 1.82) is 5.26 Å². The fourth-order valence-electron chi connectivity index (χ4n) is 2.91. The van der Waals surface area contributed by atoms with Crippen LogP contribution in [0.2, 0.25) is 0 Å². The van der Waals surface area contributed by atoms with Crippen molar-refractivity contribution in [2.75, 3.05) is 12.1 Å². The summed E-state index contributed by atoms with van der Waals surface area (Å²) in [4.78, 5) is 12.1. The molecule has 0 fully saturated rings. The molecule has 0 aliphatic carbocycles. The number of amides is 1. The molecular formula is C25H18N2O3. The number of rotatable bonds is 5. The highest BCUT2D eigenvalue weighted by atomic mass is 16.7. The lowest BCUT2D eigenvalue weighted by atomic mass is 10.1. The number of anilines is 1. The van der Waals surface area contributed by atoms with E-state index in [0.717, 1.165) is 28.2 Å². The second kappa shape index (κ2) is 8.80. The second-order valence-corrected chi connectivity index (χ2v) is 6.62. The van der Waals surface area contributed by atoms with Gasteiger partial charge in [0.1, 0.15) is 0 Å². The number of hydrogen-bond donors (Lipinski definition) is 1. The Morgan fingerprint density at radius 3 is 2.23 bits per heavy atom. The van der Waals surface area contributed by atoms with Gasteiger partial charge in [-0.3, -0.25) is 4.79 Å². The SMILES string of the molecule is N#Cc1ccc(/C=C/C(=O)Nc2ccc(/C=C/c3ccc4c(c3)OCO4)cc2)cc1. The minimum absolute atomic E-state index is 0.219. The third kappa shape index (κ3) is 4.75. The molecular weight excluding hydrogens is 376 g/mol. The minimum atomic E-state index is -0.219. The molecule has 0 saturated heterocycles. The maximum atomic E-state index is 12.1. The van der Waals surface area contributed by atoms with Crippen LogP contribution in [0.4, 0.5) is 5.69 Å². The molecule has 5 nitrogen and oxygen atoms in total. The predicted octanol–water partition coefficient (Wildman–Crippen LogP) is 5.11. The standard InChI is InChI=1S/C25H18N2O3/c26-16-21-5-2-18(3-6-21)10-14-25(28)27-22-11-7-19(8-12-22)1-4-20-9-13-23-24(15-20)30-17-29-23/h1-15H,17H2,(H,27,28)/b4-1+,14-10+. The van der Waals surface area contributed by atoms with E-state index >= 15 is 0 Å². The fourth-order valence-corrected chi connectivity index (χ4v) is 2.91. The zero-order valence-corrected chi connectivity index (χ0v) is 16.0. The molecule has 0 saturated carbocycles. The molecule has 4 rings (SSSR count). The van der Waals surface area contributed by atoms with E-state index in [4.69, 9.17) is 14.7 Å². The van der Waals surface area contributed by atoms with Gasteiger partial charge in [0.25, 0.3) is 0 Å². The smallest absolute Gasteiger partial charge is 0.248 e. The molecule has 0 spiro atoms. The van der Waals surface area contributed by atoms with Gasteiger partial charge in [0, 0.05) is 11.8 Å². The van der Waals surface area contributed by atoms with Crippen LogP contribution in [0.25, 0.3) is 18.2 Å². The van der Waals surface area contributed by atoms with Crippen LogP contribution in [0.3, 0.4) is 0 Å². The van der Waals surface area contributed by atoms with Gasteiger partial charge < -0.3 is 14.8 Å². The van der Waals surface area contributed by atoms with Crippen LogP contribution in [0, 0.1) is 11.3 Å². The van der Waals surface area contributed by atoms with E-state index in [-0.39, 0.29) is 12.7 Å². The normalized spacial score (nSPS) is 12.2. The van der Waals surface area contributed by atoms with Crippen molar-refractivity contribution in [2.45, 2.75) is 0 Å². The number of carbonyl (C=O) groups is 1. The van der Waals surface area contributed by atoms with Crippen molar-refractivity contribution in [3.63, 3.8) is 0 Å². The summed E-state index contributed by atoms with van der Waals surface area (Å²) in [6.07, 6.45) is 7.16. The molecule has 1 aliphatic heterocycles. The zero-order valence-electron chi connectivity index (χ0n) is 16.0. The Morgan fingerprint density at radius 1 is 0.833 bits per heavy atom. The van der Waals surface area contributed by atoms with Crippen LogP contribution in [-0.2, 0) is 4.79 Å². The van der Waals surface area contributed by atoms with E-state index in [1.54, 1.807) is 30.3 Å². The number of hydrogen-bond acceptors (Lipinski definition) is 4. The summed E-state index contributed by atoms with van der Waals surface area (Å²) in [5.74, 6) is 1.30. The molecule has 5 heteroatoms. The lowest BCUT2D eigenvalue weighted by Crippen LogP contribution is -2.07. The molecule has 30 heavy (non-hydrogen) atoms. The van der Waals surface area contributed by atoms with E-state index in [2.05, 4.69) is 11.4 Å². The molecule has 0 radical (unpaired) electrons. The van der Waals surface area contributed by atoms with Gasteiger partial charge in [-0.25, -0.2) is 0 Å². The molecule has 0 unspecified atom stereocenters. The Kier molecular flexibility index (Phi) is 5.59. The topological polar surface area (TPSA) is 71.4 Å². The van der Waals surface area contributed by atoms with Crippen LogP contribution in [0.1, 0.15) is 22.3 Å². The van der Waals surface area contributed by atoms with Gasteiger partial charge in [-0.05, 0) is 59.2 Å². The Morgan fingerprint density at radius 2 is 1.47 bits per heavy atom. The zero-order chi connectivity index (χ0) is 20.8. The lowest BCUT2D eigenvalue weighted by molar-refractivity contribution is -0.111. The molecule has 3 aromatic carbocycles. The van der Waals surface area contributed by atoms with Crippen LogP contribution in [-0.4, -0.2) is 12.7 Å². The summed E-state index contributed by atoms with van der Waals surface area (Å²) in [5.41, 5.74) is 4.19. The van der Waals surface area contributed by atoms with Gasteiger partial charge in [0.05, 0.1) is 11.6 Å². The quantitative estimate of drug-likeness (QED) is 0.482. The van der Waals surface area contributed by atoms with E-state index in [1.807, 2.05) is 54.6 Å². The van der Waals surface area contributed by atoms with Gasteiger partial charge in [-0.2, -0.15) is 5.26 Å². The van der Waals surface area contributed by atoms with E-state index in [9.17, 15) is 4.79 Å². The van der Waals surface area contributed by atoms with Gasteiger partial charge >= 0.3 is 0 Å². The molecule has 1 heterocycles. The fraction of sp³-hybridized carbons (Fsp3) is 0.0400. The molecule has 1 N–H and O–H groups in total. The lowest BCUT2D eigenvalue weighted by Gasteiger charge is -2.03. The number of nitriles is 1. The average molecular weight is 394 g/mol. The molecule has 0 bridgehead atoms. The minimum Gasteiger partial charge on any atom is -0.454 e. The summed E-state index contributed by atoms with van der Waals surface area (Å²) >= 11 is 0. The molecule has 0 aromatic heterocycles. The number of ether oxygens (including phenoxy) is 2. The summed E-state index contributed by atoms with van der Waals surface area (Å²) in [5, 5.41) is 11.6. The largest absolute Gasteiger partial charge is 0.454 e. The molecule has 1 amide bonds. The molecule has 146 valence electrons. The number of benzene rings is 3. The van der Waals surface area contributed by atoms with Crippen LogP contribution in [0.5, 0.6) is 11.5 Å². The van der Waals surface area contributed by atoms with Gasteiger partial charge in [0.2, 0.25) is 12.7 Å². The average Bonchev–Trinajstić information content (AvgIpc) is 3.25. The maximum Gasteiger partial charge on any atom is 0.248 e. The van der Waals surface area contributed by atoms with Crippen LogP contribution in [0.15, 0.2) is 72.8 Å². The second-order valence-electron chi connectivity index (χ2n) is 6.62. The Balaban J connectivity index is 1.34. The predicted molar refractivity (Wildman–Crippen MR) is 117 cm³/mol. The summed E-state index contributed by atoms with van der Waals surface area (Å²) < 4.78 is 10.7. The van der Waals surface area contributed by atoms with E-state index in [0.29, 0.717) is 11.3 Å². The first-order chi connectivity index (χ1) is 14.7. The van der Waals surface area contributed by atoms with Crippen molar-refractivity contribution in [1.82, 2.24) is 0 Å². The van der Waals surface area contributed by atoms with Crippen molar-refractivity contribution >= 4 is 29.8 Å². The first-order valence-corrected chi connectivity index (χ1v) is 9.37. The number of carbonyl (C=O) groups excluding carboxylic acids is 1. The van der Waals surface area contributed by atoms with Crippen LogP contribution < -0.4 is 14.8 Å². The third-order valence-electron chi connectivity index (χ3n) is 4.51. The summed E-state index contributed by atoms with van der Waals surface area (Å²) in [7, 11) is 0. The third-order valence-corrected chi connectivity index (χ3v) is 4.51. The van der Waals surface area contributed by atoms with Crippen molar-refractivity contribution in [2.24, 2.45) is 0 Å². The van der Waals surface area contributed by atoms with Gasteiger partial charge in [-0.15, -0.1) is 0 Å². The number of nitrogens with zero attached hydrogens (tertiary/aromatic N) is 1. The highest BCUT2D eigenvalue weighted by molar-refractivity contribution is 6.02. The summed E-state index contributed by atoms with van der Waals surface area (Å²) in [6.45, 7) is 0.262. The van der Waals surface area contributed by atoms with Crippen molar-refractivity contribution < 1.29 is 14.3 Å². The first kappa shape index (κ1) is 19.0. The van der Waals surface area contributed by atoms with E-state index < -0.39 is 0 Å². The maximum absolute atomic E-state index is 12.1. The Bertz CT molecular complexity index is 1150. The molecule has 0 atom stereocenters. The first-order valence-electron chi connectivity index (χ1n) is 9.37. The molecule has 1 aliphatic rings. The Labute approximate surface area is 174 Å². The van der Waals surface area contributed by atoms with E-state index in [1.165, 1.54) is 6.08 Å². The van der Waals surface area contributed by atoms with Gasteiger partial charge in [0.15, 0.2) is 11.5 Å². The number of fused-ring (bicyclic) bond motifs is 1. The van der Waals surface area contributed by atoms with Gasteiger partial charge in [-0.1, -0.05) is 42.5 Å². The van der Waals surface area contributed by atoms with Crippen molar-refractivity contribution in [3.8, 4) is 17.6 Å². The van der Waals surface area contributed by atoms with Crippen molar-refractivity contribution in [3.05, 3.63) is 95.1 Å². The number of nitrogens with one attached hydrogen (secondary N) is 1. The molecule has 3 aromatic rings.